The second kappa shape index (κ2) is 7.19. The molecule has 0 saturated heterocycles. The Bertz CT molecular complexity index is 379. The summed E-state index contributed by atoms with van der Waals surface area (Å²) in [7, 11) is 0. The predicted molar refractivity (Wildman–Crippen MR) is 74.8 cm³/mol. The molecule has 0 bridgehead atoms. The quantitative estimate of drug-likeness (QED) is 0.630. The maximum Gasteiger partial charge on any atom is 0.262 e. The largest absolute Gasteiger partial charge is 0.323 e. The van der Waals surface area contributed by atoms with Gasteiger partial charge in [-0.3, -0.25) is 4.79 Å². The van der Waals surface area contributed by atoms with Crippen LogP contribution >= 0.6 is 34.8 Å². The van der Waals surface area contributed by atoms with Gasteiger partial charge in [-0.1, -0.05) is 65.1 Å². The molecule has 18 heavy (non-hydrogen) atoms. The highest BCUT2D eigenvalue weighted by Gasteiger charge is 2.36. The Labute approximate surface area is 122 Å². The molecule has 1 aromatic rings. The number of benzene rings is 1. The summed E-state index contributed by atoms with van der Waals surface area (Å²) in [6.07, 6.45) is 0.265. The zero-order valence-corrected chi connectivity index (χ0v) is 12.3. The minimum absolute atomic E-state index is 0.220. The Morgan fingerprint density at radius 2 is 1.94 bits per heavy atom. The standard InChI is InChI=1S/C12H15Cl3N2O/c1-9(18)17-11(12(13,14)15)16-8-7-10-5-3-2-4-6-10/h2-6,11,16H,7-8H2,1H3,(H,17,18)/p+1/t11-/m1/s1. The molecule has 0 aromatic heterocycles. The number of hydrogen-bond donors (Lipinski definition) is 2. The molecule has 0 saturated carbocycles. The van der Waals surface area contributed by atoms with E-state index in [1.165, 1.54) is 12.5 Å². The smallest absolute Gasteiger partial charge is 0.262 e. The fourth-order valence-electron chi connectivity index (χ4n) is 1.55. The van der Waals surface area contributed by atoms with Crippen LogP contribution in [0.5, 0.6) is 0 Å². The Hall–Kier alpha value is -0.480. The van der Waals surface area contributed by atoms with Crippen LogP contribution < -0.4 is 10.6 Å². The van der Waals surface area contributed by atoms with Gasteiger partial charge in [0.25, 0.3) is 3.79 Å². The zero-order chi connectivity index (χ0) is 13.6. The first-order valence-electron chi connectivity index (χ1n) is 5.60. The number of quaternary nitrogens is 1. The van der Waals surface area contributed by atoms with E-state index in [9.17, 15) is 4.79 Å². The molecule has 0 aliphatic carbocycles. The lowest BCUT2D eigenvalue weighted by atomic mass is 10.1. The van der Waals surface area contributed by atoms with Gasteiger partial charge in [0.2, 0.25) is 12.1 Å². The van der Waals surface area contributed by atoms with E-state index in [0.717, 1.165) is 13.0 Å². The molecule has 0 aliphatic heterocycles. The number of carbonyl (C=O) groups excluding carboxylic acids is 1. The van der Waals surface area contributed by atoms with Crippen molar-refractivity contribution in [3.8, 4) is 0 Å². The number of nitrogens with two attached hydrogens (primary N) is 1. The van der Waals surface area contributed by atoms with E-state index < -0.39 is 9.96 Å². The molecule has 1 amide bonds. The predicted octanol–water partition coefficient (Wildman–Crippen LogP) is 1.62. The highest BCUT2D eigenvalue weighted by molar-refractivity contribution is 6.68. The fraction of sp³-hybridized carbons (Fsp3) is 0.417. The maximum atomic E-state index is 11.0. The van der Waals surface area contributed by atoms with E-state index in [-0.39, 0.29) is 5.91 Å². The summed E-state index contributed by atoms with van der Waals surface area (Å²) in [6, 6.07) is 10.0. The van der Waals surface area contributed by atoms with E-state index in [1.807, 2.05) is 35.6 Å². The van der Waals surface area contributed by atoms with Crippen molar-refractivity contribution in [2.75, 3.05) is 6.54 Å². The van der Waals surface area contributed by atoms with Crippen molar-refractivity contribution >= 4 is 40.7 Å². The van der Waals surface area contributed by atoms with Gasteiger partial charge in [-0.2, -0.15) is 0 Å². The van der Waals surface area contributed by atoms with Crippen molar-refractivity contribution in [3.05, 3.63) is 35.9 Å². The minimum atomic E-state index is -1.53. The van der Waals surface area contributed by atoms with Crippen LogP contribution in [-0.4, -0.2) is 22.4 Å². The maximum absolute atomic E-state index is 11.0. The molecular weight excluding hydrogens is 295 g/mol. The molecule has 0 spiro atoms. The van der Waals surface area contributed by atoms with Gasteiger partial charge >= 0.3 is 0 Å². The van der Waals surface area contributed by atoms with Crippen LogP contribution in [0.25, 0.3) is 0 Å². The van der Waals surface area contributed by atoms with Crippen molar-refractivity contribution in [2.45, 2.75) is 23.3 Å². The summed E-state index contributed by atoms with van der Waals surface area (Å²) >= 11 is 17.4. The van der Waals surface area contributed by atoms with Gasteiger partial charge in [0.05, 0.1) is 6.54 Å². The van der Waals surface area contributed by atoms with E-state index in [2.05, 4.69) is 5.32 Å². The molecule has 1 aromatic carbocycles. The number of alkyl halides is 3. The topological polar surface area (TPSA) is 45.7 Å². The lowest BCUT2D eigenvalue weighted by Gasteiger charge is -2.22. The first-order valence-corrected chi connectivity index (χ1v) is 6.74. The van der Waals surface area contributed by atoms with Gasteiger partial charge in [0.15, 0.2) is 0 Å². The van der Waals surface area contributed by atoms with E-state index in [4.69, 9.17) is 34.8 Å². The van der Waals surface area contributed by atoms with Crippen LogP contribution in [0.2, 0.25) is 0 Å². The van der Waals surface area contributed by atoms with Crippen LogP contribution in [0.15, 0.2) is 30.3 Å². The first kappa shape index (κ1) is 15.6. The number of rotatable bonds is 5. The van der Waals surface area contributed by atoms with Crippen molar-refractivity contribution in [2.24, 2.45) is 0 Å². The van der Waals surface area contributed by atoms with Crippen molar-refractivity contribution in [1.29, 1.82) is 0 Å². The number of nitrogens with one attached hydrogen (secondary N) is 1. The van der Waals surface area contributed by atoms with Crippen LogP contribution in [0, 0.1) is 0 Å². The summed E-state index contributed by atoms with van der Waals surface area (Å²) in [4.78, 5) is 11.0. The lowest BCUT2D eigenvalue weighted by Crippen LogP contribution is -2.96. The third-order valence-electron chi connectivity index (χ3n) is 2.39. The minimum Gasteiger partial charge on any atom is -0.323 e. The van der Waals surface area contributed by atoms with Crippen molar-refractivity contribution < 1.29 is 10.1 Å². The van der Waals surface area contributed by atoms with Crippen LogP contribution in [0.3, 0.4) is 0 Å². The van der Waals surface area contributed by atoms with Crippen LogP contribution in [-0.2, 0) is 11.2 Å². The molecule has 1 atom stereocenters. The number of carbonyl (C=O) groups is 1. The third kappa shape index (κ3) is 5.91. The second-order valence-corrected chi connectivity index (χ2v) is 6.35. The van der Waals surface area contributed by atoms with Crippen LogP contribution in [0.1, 0.15) is 12.5 Å². The van der Waals surface area contributed by atoms with Gasteiger partial charge in [0, 0.05) is 13.3 Å². The van der Waals surface area contributed by atoms with Gasteiger partial charge in [-0.25, -0.2) is 0 Å². The SMILES string of the molecule is CC(=O)N[C@@H]([NH2+]CCc1ccccc1)C(Cl)(Cl)Cl. The van der Waals surface area contributed by atoms with E-state index >= 15 is 0 Å². The summed E-state index contributed by atoms with van der Waals surface area (Å²) in [5.74, 6) is -0.220. The van der Waals surface area contributed by atoms with Crippen molar-refractivity contribution in [3.63, 3.8) is 0 Å². The molecule has 6 heteroatoms. The van der Waals surface area contributed by atoms with Gasteiger partial charge < -0.3 is 10.6 Å². The average Bonchev–Trinajstić information content (AvgIpc) is 2.27. The monoisotopic (exact) mass is 309 g/mol. The number of hydrogen-bond acceptors (Lipinski definition) is 1. The molecule has 0 radical (unpaired) electrons. The molecule has 1 rings (SSSR count). The Morgan fingerprint density at radius 3 is 2.44 bits per heavy atom. The Morgan fingerprint density at radius 1 is 1.33 bits per heavy atom. The summed E-state index contributed by atoms with van der Waals surface area (Å²) in [5.41, 5.74) is 1.21. The normalized spacial score (nSPS) is 13.1. The lowest BCUT2D eigenvalue weighted by molar-refractivity contribution is -0.691. The molecular formula is C12H16Cl3N2O+. The Kier molecular flexibility index (Phi) is 6.22. The molecule has 0 heterocycles. The molecule has 0 aliphatic rings. The van der Waals surface area contributed by atoms with Gasteiger partial charge in [-0.15, -0.1) is 0 Å². The van der Waals surface area contributed by atoms with E-state index in [1.54, 1.807) is 0 Å². The highest BCUT2D eigenvalue weighted by Crippen LogP contribution is 2.27. The average molecular weight is 311 g/mol. The van der Waals surface area contributed by atoms with Gasteiger partial charge in [-0.05, 0) is 5.56 Å². The van der Waals surface area contributed by atoms with Crippen LogP contribution in [0.4, 0.5) is 0 Å². The molecule has 100 valence electrons. The highest BCUT2D eigenvalue weighted by atomic mass is 35.6. The zero-order valence-electron chi connectivity index (χ0n) is 10.00. The molecule has 0 unspecified atom stereocenters. The summed E-state index contributed by atoms with van der Waals surface area (Å²) in [6.45, 7) is 2.12. The first-order chi connectivity index (χ1) is 8.39. The van der Waals surface area contributed by atoms with Gasteiger partial charge in [0.1, 0.15) is 0 Å². The molecule has 0 fully saturated rings. The Balaban J connectivity index is 2.45. The second-order valence-electron chi connectivity index (χ2n) is 3.98. The fourth-order valence-corrected chi connectivity index (χ4v) is 1.99. The number of halogens is 3. The third-order valence-corrected chi connectivity index (χ3v) is 3.09. The molecule has 3 nitrogen and oxygen atoms in total. The number of amides is 1. The molecule has 3 N–H and O–H groups in total. The van der Waals surface area contributed by atoms with Crippen molar-refractivity contribution in [1.82, 2.24) is 5.32 Å². The van der Waals surface area contributed by atoms with E-state index in [0.29, 0.717) is 0 Å². The summed E-state index contributed by atoms with van der Waals surface area (Å²) < 4.78 is -1.53. The summed E-state index contributed by atoms with van der Waals surface area (Å²) in [5, 5.41) is 4.44.